The van der Waals surface area contributed by atoms with Gasteiger partial charge in [0.15, 0.2) is 0 Å². The van der Waals surface area contributed by atoms with Crippen LogP contribution in [0, 0.1) is 0 Å². The van der Waals surface area contributed by atoms with Gasteiger partial charge in [0.05, 0.1) is 18.9 Å². The molecule has 6 heteroatoms. The number of hydrogen-bond donors (Lipinski definition) is 1. The third-order valence-electron chi connectivity index (χ3n) is 3.51. The van der Waals surface area contributed by atoms with E-state index in [0.29, 0.717) is 11.4 Å². The maximum absolute atomic E-state index is 12.4. The Morgan fingerprint density at radius 1 is 1.16 bits per heavy atom. The number of anilines is 1. The molecule has 0 aliphatic carbocycles. The first-order valence-electron chi connectivity index (χ1n) is 7.90. The van der Waals surface area contributed by atoms with Crippen molar-refractivity contribution >= 4 is 29.3 Å². The SMILES string of the molecule is COc1cccc(NC(=O)CN(C)C(=O)[C@@H](C)Sc2ccccc2)c1. The number of amides is 2. The van der Waals surface area contributed by atoms with Crippen molar-refractivity contribution < 1.29 is 14.3 Å². The number of carbonyl (C=O) groups is 2. The molecule has 0 radical (unpaired) electrons. The van der Waals surface area contributed by atoms with Crippen molar-refractivity contribution in [3.63, 3.8) is 0 Å². The third-order valence-corrected chi connectivity index (χ3v) is 4.61. The van der Waals surface area contributed by atoms with Crippen molar-refractivity contribution in [2.45, 2.75) is 17.1 Å². The van der Waals surface area contributed by atoms with Crippen molar-refractivity contribution in [1.29, 1.82) is 0 Å². The van der Waals surface area contributed by atoms with Crippen molar-refractivity contribution in [2.24, 2.45) is 0 Å². The monoisotopic (exact) mass is 358 g/mol. The molecule has 0 saturated heterocycles. The molecule has 25 heavy (non-hydrogen) atoms. The standard InChI is InChI=1S/C19H22N2O3S/c1-14(25-17-10-5-4-6-11-17)19(23)21(2)13-18(22)20-15-8-7-9-16(12-15)24-3/h4-12,14H,13H2,1-3H3,(H,20,22)/t14-/m1/s1. The van der Waals surface area contributed by atoms with Crippen LogP contribution in [-0.4, -0.2) is 42.7 Å². The largest absolute Gasteiger partial charge is 0.497 e. The first kappa shape index (κ1) is 18.9. The minimum Gasteiger partial charge on any atom is -0.497 e. The van der Waals surface area contributed by atoms with Gasteiger partial charge in [-0.15, -0.1) is 11.8 Å². The summed E-state index contributed by atoms with van der Waals surface area (Å²) in [6, 6.07) is 16.8. The molecule has 1 atom stereocenters. The fraction of sp³-hybridized carbons (Fsp3) is 0.263. The quantitative estimate of drug-likeness (QED) is 0.772. The summed E-state index contributed by atoms with van der Waals surface area (Å²) in [4.78, 5) is 27.1. The van der Waals surface area contributed by atoms with Crippen LogP contribution >= 0.6 is 11.8 Å². The summed E-state index contributed by atoms with van der Waals surface area (Å²) < 4.78 is 5.13. The molecule has 0 fully saturated rings. The molecule has 2 aromatic carbocycles. The van der Waals surface area contributed by atoms with Crippen LogP contribution in [-0.2, 0) is 9.59 Å². The van der Waals surface area contributed by atoms with E-state index >= 15 is 0 Å². The fourth-order valence-electron chi connectivity index (χ4n) is 2.26. The minimum atomic E-state index is -0.267. The van der Waals surface area contributed by atoms with Gasteiger partial charge < -0.3 is 15.0 Å². The van der Waals surface area contributed by atoms with Crippen LogP contribution in [0.2, 0.25) is 0 Å². The van der Waals surface area contributed by atoms with E-state index in [9.17, 15) is 9.59 Å². The van der Waals surface area contributed by atoms with Crippen LogP contribution in [0.4, 0.5) is 5.69 Å². The molecule has 1 N–H and O–H groups in total. The Hall–Kier alpha value is -2.47. The second kappa shape index (κ2) is 9.13. The van der Waals surface area contributed by atoms with Crippen molar-refractivity contribution in [1.82, 2.24) is 4.90 Å². The average molecular weight is 358 g/mol. The Labute approximate surface area is 152 Å². The van der Waals surface area contributed by atoms with E-state index in [-0.39, 0.29) is 23.6 Å². The second-order valence-corrected chi connectivity index (χ2v) is 6.96. The normalized spacial score (nSPS) is 11.5. The number of methoxy groups -OCH3 is 1. The third kappa shape index (κ3) is 5.83. The molecule has 0 unspecified atom stereocenters. The predicted octanol–water partition coefficient (Wildman–Crippen LogP) is 3.27. The Morgan fingerprint density at radius 2 is 1.88 bits per heavy atom. The van der Waals surface area contributed by atoms with Crippen LogP contribution in [0.25, 0.3) is 0 Å². The number of likely N-dealkylation sites (N-methyl/N-ethyl adjacent to an activating group) is 1. The van der Waals surface area contributed by atoms with E-state index in [1.165, 1.54) is 16.7 Å². The van der Waals surface area contributed by atoms with Crippen LogP contribution in [0.1, 0.15) is 6.92 Å². The van der Waals surface area contributed by atoms with Gasteiger partial charge in [-0.3, -0.25) is 9.59 Å². The summed E-state index contributed by atoms with van der Waals surface area (Å²) in [5, 5.41) is 2.50. The number of hydrogen-bond acceptors (Lipinski definition) is 4. The van der Waals surface area contributed by atoms with Gasteiger partial charge in [-0.05, 0) is 31.2 Å². The first-order chi connectivity index (χ1) is 12.0. The van der Waals surface area contributed by atoms with Gasteiger partial charge in [0, 0.05) is 23.7 Å². The molecule has 0 saturated carbocycles. The minimum absolute atomic E-state index is 0.00423. The van der Waals surface area contributed by atoms with E-state index < -0.39 is 0 Å². The Kier molecular flexibility index (Phi) is 6.89. The predicted molar refractivity (Wildman–Crippen MR) is 101 cm³/mol. The number of nitrogens with one attached hydrogen (secondary N) is 1. The molecule has 2 rings (SSSR count). The number of thioether (sulfide) groups is 1. The van der Waals surface area contributed by atoms with Gasteiger partial charge in [0.25, 0.3) is 0 Å². The Morgan fingerprint density at radius 3 is 2.56 bits per heavy atom. The smallest absolute Gasteiger partial charge is 0.243 e. The van der Waals surface area contributed by atoms with Gasteiger partial charge in [-0.1, -0.05) is 24.3 Å². The van der Waals surface area contributed by atoms with Crippen molar-refractivity contribution in [3.05, 3.63) is 54.6 Å². The maximum atomic E-state index is 12.4. The second-order valence-electron chi connectivity index (χ2n) is 5.55. The van der Waals surface area contributed by atoms with Gasteiger partial charge in [-0.25, -0.2) is 0 Å². The molecular formula is C19H22N2O3S. The summed E-state index contributed by atoms with van der Waals surface area (Å²) in [6.45, 7) is 1.84. The highest BCUT2D eigenvalue weighted by molar-refractivity contribution is 8.00. The molecule has 5 nitrogen and oxygen atoms in total. The number of benzene rings is 2. The van der Waals surface area contributed by atoms with Crippen LogP contribution in [0.3, 0.4) is 0 Å². The molecule has 0 spiro atoms. The zero-order chi connectivity index (χ0) is 18.2. The fourth-order valence-corrected chi connectivity index (χ4v) is 3.26. The summed E-state index contributed by atoms with van der Waals surface area (Å²) >= 11 is 1.48. The highest BCUT2D eigenvalue weighted by atomic mass is 32.2. The highest BCUT2D eigenvalue weighted by Gasteiger charge is 2.20. The van der Waals surface area contributed by atoms with Crippen molar-refractivity contribution in [2.75, 3.05) is 26.0 Å². The Bertz CT molecular complexity index is 722. The van der Waals surface area contributed by atoms with Crippen LogP contribution < -0.4 is 10.1 Å². The molecule has 0 heterocycles. The number of ether oxygens (including phenoxy) is 1. The number of rotatable bonds is 7. The lowest BCUT2D eigenvalue weighted by molar-refractivity contribution is -0.132. The highest BCUT2D eigenvalue weighted by Crippen LogP contribution is 2.23. The van der Waals surface area contributed by atoms with E-state index in [2.05, 4.69) is 5.32 Å². The maximum Gasteiger partial charge on any atom is 0.243 e. The van der Waals surface area contributed by atoms with Gasteiger partial charge in [0.2, 0.25) is 11.8 Å². The zero-order valence-electron chi connectivity index (χ0n) is 14.6. The Balaban J connectivity index is 1.87. The number of carbonyl (C=O) groups excluding carboxylic acids is 2. The number of nitrogens with zero attached hydrogens (tertiary/aromatic N) is 1. The molecule has 0 aromatic heterocycles. The lowest BCUT2D eigenvalue weighted by atomic mass is 10.3. The zero-order valence-corrected chi connectivity index (χ0v) is 15.4. The molecule has 2 aromatic rings. The van der Waals surface area contributed by atoms with E-state index in [0.717, 1.165) is 4.90 Å². The van der Waals surface area contributed by atoms with E-state index in [1.54, 1.807) is 38.4 Å². The topological polar surface area (TPSA) is 58.6 Å². The molecule has 2 amide bonds. The summed E-state index contributed by atoms with van der Waals surface area (Å²) in [6.07, 6.45) is 0. The van der Waals surface area contributed by atoms with Gasteiger partial charge >= 0.3 is 0 Å². The summed E-state index contributed by atoms with van der Waals surface area (Å²) in [5.74, 6) is 0.325. The molecule has 0 aliphatic rings. The van der Waals surface area contributed by atoms with Crippen molar-refractivity contribution in [3.8, 4) is 5.75 Å². The molecule has 0 aliphatic heterocycles. The average Bonchev–Trinajstić information content (AvgIpc) is 2.61. The van der Waals surface area contributed by atoms with Gasteiger partial charge in [0.1, 0.15) is 5.75 Å². The first-order valence-corrected chi connectivity index (χ1v) is 8.78. The molecule has 0 bridgehead atoms. The van der Waals surface area contributed by atoms with Crippen LogP contribution in [0.5, 0.6) is 5.75 Å². The lowest BCUT2D eigenvalue weighted by Crippen LogP contribution is -2.38. The summed E-state index contributed by atoms with van der Waals surface area (Å²) in [5.41, 5.74) is 0.636. The molecule has 132 valence electrons. The van der Waals surface area contributed by atoms with E-state index in [1.807, 2.05) is 37.3 Å². The molecular weight excluding hydrogens is 336 g/mol. The van der Waals surface area contributed by atoms with E-state index in [4.69, 9.17) is 4.74 Å². The van der Waals surface area contributed by atoms with Crippen LogP contribution in [0.15, 0.2) is 59.5 Å². The lowest BCUT2D eigenvalue weighted by Gasteiger charge is -2.20. The summed E-state index contributed by atoms with van der Waals surface area (Å²) in [7, 11) is 3.20. The van der Waals surface area contributed by atoms with Gasteiger partial charge in [-0.2, -0.15) is 0 Å².